The molecule has 3 rings (SSSR count). The first kappa shape index (κ1) is 17.3. The van der Waals surface area contributed by atoms with Crippen LogP contribution in [0, 0.1) is 13.8 Å². The van der Waals surface area contributed by atoms with Gasteiger partial charge in [0.1, 0.15) is 6.04 Å². The molecule has 0 N–H and O–H groups in total. The Bertz CT molecular complexity index is 818. The highest BCUT2D eigenvalue weighted by Crippen LogP contribution is 2.20. The summed E-state index contributed by atoms with van der Waals surface area (Å²) in [6.07, 6.45) is 6.58. The minimum atomic E-state index is 0.0562. The molecule has 0 saturated heterocycles. The Hall–Kier alpha value is -2.50. The Morgan fingerprint density at radius 1 is 1.20 bits per heavy atom. The van der Waals surface area contributed by atoms with Gasteiger partial charge in [0.25, 0.3) is 0 Å². The van der Waals surface area contributed by atoms with Gasteiger partial charge in [-0.2, -0.15) is 10.2 Å². The monoisotopic (exact) mass is 338 g/mol. The van der Waals surface area contributed by atoms with E-state index in [1.54, 1.807) is 6.20 Å². The molecule has 0 aliphatic rings. The van der Waals surface area contributed by atoms with Crippen LogP contribution in [0.4, 0.5) is 0 Å². The number of aromatic nitrogens is 6. The molecular weight excluding hydrogens is 312 g/mol. The summed E-state index contributed by atoms with van der Waals surface area (Å²) in [4.78, 5) is 9.03. The highest BCUT2D eigenvalue weighted by atomic mass is 15.4. The summed E-state index contributed by atoms with van der Waals surface area (Å²) in [5.41, 5.74) is 3.30. The predicted octanol–water partition coefficient (Wildman–Crippen LogP) is 3.49. The average Bonchev–Trinajstić information content (AvgIpc) is 3.15. The molecule has 0 aliphatic carbocycles. The van der Waals surface area contributed by atoms with Gasteiger partial charge in [-0.05, 0) is 44.9 Å². The van der Waals surface area contributed by atoms with Crippen LogP contribution >= 0.6 is 0 Å². The maximum Gasteiger partial charge on any atom is 0.155 e. The lowest BCUT2D eigenvalue weighted by atomic mass is 10.2. The maximum absolute atomic E-state index is 4.85. The first-order valence-corrected chi connectivity index (χ1v) is 8.93. The molecule has 0 saturated carbocycles. The van der Waals surface area contributed by atoms with Gasteiger partial charge in [0.2, 0.25) is 0 Å². The number of pyridine rings is 1. The highest BCUT2D eigenvalue weighted by Gasteiger charge is 2.20. The van der Waals surface area contributed by atoms with E-state index in [1.165, 1.54) is 0 Å². The highest BCUT2D eigenvalue weighted by molar-refractivity contribution is 5.16. The summed E-state index contributed by atoms with van der Waals surface area (Å²) in [6.45, 7) is 9.32. The molecule has 6 nitrogen and oxygen atoms in total. The summed E-state index contributed by atoms with van der Waals surface area (Å²) in [5.74, 6) is 1.81. The minimum Gasteiger partial charge on any atom is -0.264 e. The fourth-order valence-electron chi connectivity index (χ4n) is 3.09. The molecule has 0 aromatic carbocycles. The summed E-state index contributed by atoms with van der Waals surface area (Å²) < 4.78 is 4.09. The summed E-state index contributed by atoms with van der Waals surface area (Å²) in [7, 11) is 0. The summed E-state index contributed by atoms with van der Waals surface area (Å²) in [5, 5.41) is 9.39. The molecule has 0 bridgehead atoms. The largest absolute Gasteiger partial charge is 0.264 e. The first-order valence-electron chi connectivity index (χ1n) is 8.93. The molecule has 3 aromatic heterocycles. The second kappa shape index (κ2) is 7.59. The lowest BCUT2D eigenvalue weighted by Gasteiger charge is -2.14. The SMILES string of the molecule is CCCCn1nc(Cc2cccnc2)nc1C(C)n1nc(C)cc1C. The standard InChI is InChI=1S/C19H26N6/c1-5-6-10-24-19(16(4)25-15(3)11-14(2)22-25)21-18(23-24)12-17-8-7-9-20-13-17/h7-9,11,13,16H,5-6,10,12H2,1-4H3. The van der Waals surface area contributed by atoms with Crippen molar-refractivity contribution in [1.82, 2.24) is 29.5 Å². The van der Waals surface area contributed by atoms with E-state index in [1.807, 2.05) is 23.9 Å². The maximum atomic E-state index is 4.85. The van der Waals surface area contributed by atoms with Gasteiger partial charge in [0.15, 0.2) is 11.6 Å². The molecule has 0 fully saturated rings. The van der Waals surface area contributed by atoms with Crippen LogP contribution in [-0.4, -0.2) is 29.5 Å². The molecule has 0 aliphatic heterocycles. The summed E-state index contributed by atoms with van der Waals surface area (Å²) in [6, 6.07) is 6.16. The molecule has 3 heterocycles. The van der Waals surface area contributed by atoms with Crippen molar-refractivity contribution >= 4 is 0 Å². The number of rotatable bonds is 7. The van der Waals surface area contributed by atoms with E-state index in [0.29, 0.717) is 6.42 Å². The summed E-state index contributed by atoms with van der Waals surface area (Å²) >= 11 is 0. The topological polar surface area (TPSA) is 61.4 Å². The minimum absolute atomic E-state index is 0.0562. The third-order valence-electron chi connectivity index (χ3n) is 4.34. The van der Waals surface area contributed by atoms with Crippen LogP contribution in [0.2, 0.25) is 0 Å². The predicted molar refractivity (Wildman–Crippen MR) is 97.5 cm³/mol. The van der Waals surface area contributed by atoms with Crippen molar-refractivity contribution in [2.75, 3.05) is 0 Å². The van der Waals surface area contributed by atoms with Crippen molar-refractivity contribution in [3.05, 3.63) is 59.2 Å². The van der Waals surface area contributed by atoms with Crippen LogP contribution in [0.5, 0.6) is 0 Å². The van der Waals surface area contributed by atoms with E-state index in [9.17, 15) is 0 Å². The van der Waals surface area contributed by atoms with Crippen molar-refractivity contribution in [1.29, 1.82) is 0 Å². The number of nitrogens with zero attached hydrogens (tertiary/aromatic N) is 6. The van der Waals surface area contributed by atoms with Gasteiger partial charge in [-0.15, -0.1) is 0 Å². The molecule has 0 amide bonds. The third-order valence-corrected chi connectivity index (χ3v) is 4.34. The van der Waals surface area contributed by atoms with Gasteiger partial charge in [-0.25, -0.2) is 9.67 Å². The quantitative estimate of drug-likeness (QED) is 0.661. The Labute approximate surface area is 148 Å². The molecule has 132 valence electrons. The van der Waals surface area contributed by atoms with Gasteiger partial charge < -0.3 is 0 Å². The Balaban J connectivity index is 1.91. The molecule has 1 unspecified atom stereocenters. The normalized spacial score (nSPS) is 12.5. The molecular formula is C19H26N6. The van der Waals surface area contributed by atoms with Crippen LogP contribution in [0.15, 0.2) is 30.6 Å². The van der Waals surface area contributed by atoms with Gasteiger partial charge in [0, 0.05) is 31.1 Å². The van der Waals surface area contributed by atoms with Crippen LogP contribution < -0.4 is 0 Å². The van der Waals surface area contributed by atoms with Gasteiger partial charge in [-0.3, -0.25) is 9.67 Å². The molecule has 1 atom stereocenters. The van der Waals surface area contributed by atoms with Gasteiger partial charge >= 0.3 is 0 Å². The van der Waals surface area contributed by atoms with E-state index in [-0.39, 0.29) is 6.04 Å². The van der Waals surface area contributed by atoms with E-state index in [2.05, 4.69) is 47.7 Å². The molecule has 3 aromatic rings. The molecule has 0 radical (unpaired) electrons. The van der Waals surface area contributed by atoms with Crippen LogP contribution in [0.3, 0.4) is 0 Å². The lowest BCUT2D eigenvalue weighted by molar-refractivity contribution is 0.462. The second-order valence-corrected chi connectivity index (χ2v) is 6.55. The van der Waals surface area contributed by atoms with Crippen LogP contribution in [0.1, 0.15) is 61.3 Å². The smallest absolute Gasteiger partial charge is 0.155 e. The zero-order valence-electron chi connectivity index (χ0n) is 15.5. The zero-order chi connectivity index (χ0) is 17.8. The fourth-order valence-corrected chi connectivity index (χ4v) is 3.09. The average molecular weight is 338 g/mol. The van der Waals surface area contributed by atoms with Crippen molar-refractivity contribution in [3.8, 4) is 0 Å². The number of unbranched alkanes of at least 4 members (excludes halogenated alkanes) is 1. The van der Waals surface area contributed by atoms with Gasteiger partial charge in [-0.1, -0.05) is 19.4 Å². The lowest BCUT2D eigenvalue weighted by Crippen LogP contribution is -2.17. The zero-order valence-corrected chi connectivity index (χ0v) is 15.5. The fraction of sp³-hybridized carbons (Fsp3) is 0.474. The number of hydrogen-bond acceptors (Lipinski definition) is 4. The Morgan fingerprint density at radius 3 is 2.68 bits per heavy atom. The van der Waals surface area contributed by atoms with E-state index >= 15 is 0 Å². The van der Waals surface area contributed by atoms with E-state index in [4.69, 9.17) is 10.1 Å². The second-order valence-electron chi connectivity index (χ2n) is 6.55. The van der Waals surface area contributed by atoms with Gasteiger partial charge in [0.05, 0.1) is 5.69 Å². The van der Waals surface area contributed by atoms with E-state index in [0.717, 1.165) is 48.0 Å². The number of hydrogen-bond donors (Lipinski definition) is 0. The molecule has 0 spiro atoms. The van der Waals surface area contributed by atoms with Crippen molar-refractivity contribution < 1.29 is 0 Å². The van der Waals surface area contributed by atoms with Crippen LogP contribution in [-0.2, 0) is 13.0 Å². The van der Waals surface area contributed by atoms with Crippen molar-refractivity contribution in [2.45, 2.75) is 59.5 Å². The molecule has 25 heavy (non-hydrogen) atoms. The first-order chi connectivity index (χ1) is 12.1. The Kier molecular flexibility index (Phi) is 5.26. The third kappa shape index (κ3) is 3.95. The van der Waals surface area contributed by atoms with Crippen molar-refractivity contribution in [2.24, 2.45) is 0 Å². The van der Waals surface area contributed by atoms with Crippen molar-refractivity contribution in [3.63, 3.8) is 0 Å². The molecule has 6 heteroatoms. The van der Waals surface area contributed by atoms with E-state index < -0.39 is 0 Å². The van der Waals surface area contributed by atoms with Crippen LogP contribution in [0.25, 0.3) is 0 Å². The number of aryl methyl sites for hydroxylation is 3. The Morgan fingerprint density at radius 2 is 2.04 bits per heavy atom.